The molecule has 0 aliphatic carbocycles. The summed E-state index contributed by atoms with van der Waals surface area (Å²) >= 11 is 1.48. The van der Waals surface area contributed by atoms with Crippen molar-refractivity contribution in [2.75, 3.05) is 42.5 Å². The summed E-state index contributed by atoms with van der Waals surface area (Å²) in [5.41, 5.74) is 1.01. The number of aryl methyl sites for hydroxylation is 1. The number of carbonyl (C=O) groups excluding carboxylic acids is 1. The lowest BCUT2D eigenvalue weighted by Gasteiger charge is -2.37. The Morgan fingerprint density at radius 2 is 1.88 bits per heavy atom. The standard InChI is InChI=1S/C18H23N5OS/c1-2-16-19-18(25-20-16)22-12-10-21(11-13-22)15-8-9-23(17(15)24)14-6-4-3-5-7-14/h3-7,15H,2,8-13H2,1H3. The van der Waals surface area contributed by atoms with Crippen molar-refractivity contribution < 1.29 is 4.79 Å². The van der Waals surface area contributed by atoms with Gasteiger partial charge < -0.3 is 9.80 Å². The monoisotopic (exact) mass is 357 g/mol. The first-order valence-electron chi connectivity index (χ1n) is 8.94. The molecule has 1 unspecified atom stereocenters. The van der Waals surface area contributed by atoms with Crippen LogP contribution in [-0.4, -0.2) is 58.9 Å². The summed E-state index contributed by atoms with van der Waals surface area (Å²) in [6, 6.07) is 10.0. The predicted octanol–water partition coefficient (Wildman–Crippen LogP) is 2.03. The zero-order valence-electron chi connectivity index (χ0n) is 14.5. The highest BCUT2D eigenvalue weighted by Crippen LogP contribution is 2.26. The van der Waals surface area contributed by atoms with Crippen LogP contribution in [0.15, 0.2) is 30.3 Å². The summed E-state index contributed by atoms with van der Waals surface area (Å²) in [6.45, 7) is 6.51. The fourth-order valence-corrected chi connectivity index (χ4v) is 4.41. The van der Waals surface area contributed by atoms with Gasteiger partial charge in [-0.3, -0.25) is 9.69 Å². The molecule has 0 saturated carbocycles. The van der Waals surface area contributed by atoms with Gasteiger partial charge in [0.1, 0.15) is 5.82 Å². The fourth-order valence-electron chi connectivity index (χ4n) is 3.61. The van der Waals surface area contributed by atoms with E-state index < -0.39 is 0 Å². The van der Waals surface area contributed by atoms with Gasteiger partial charge in [0.15, 0.2) is 0 Å². The lowest BCUT2D eigenvalue weighted by Crippen LogP contribution is -2.52. The minimum atomic E-state index is 0.0166. The van der Waals surface area contributed by atoms with E-state index in [4.69, 9.17) is 0 Å². The first-order valence-corrected chi connectivity index (χ1v) is 9.71. The highest BCUT2D eigenvalue weighted by atomic mass is 32.1. The van der Waals surface area contributed by atoms with Gasteiger partial charge in [0.2, 0.25) is 11.0 Å². The average Bonchev–Trinajstić information content (AvgIpc) is 3.29. The Bertz CT molecular complexity index is 726. The van der Waals surface area contributed by atoms with Crippen LogP contribution in [0.25, 0.3) is 0 Å². The van der Waals surface area contributed by atoms with E-state index in [1.165, 1.54) is 11.5 Å². The number of hydrogen-bond donors (Lipinski definition) is 0. The molecule has 0 bridgehead atoms. The van der Waals surface area contributed by atoms with Crippen LogP contribution in [0.3, 0.4) is 0 Å². The van der Waals surface area contributed by atoms with Crippen LogP contribution >= 0.6 is 11.5 Å². The third-order valence-electron chi connectivity index (χ3n) is 5.04. The van der Waals surface area contributed by atoms with Crippen LogP contribution in [0.4, 0.5) is 10.8 Å². The molecule has 4 rings (SSSR count). The third-order valence-corrected chi connectivity index (χ3v) is 5.86. The average molecular weight is 357 g/mol. The van der Waals surface area contributed by atoms with Crippen molar-refractivity contribution in [3.05, 3.63) is 36.2 Å². The molecule has 0 N–H and O–H groups in total. The molecule has 2 aliphatic rings. The summed E-state index contributed by atoms with van der Waals surface area (Å²) in [4.78, 5) is 24.0. The second-order valence-corrected chi connectivity index (χ2v) is 7.23. The molecule has 0 spiro atoms. The zero-order valence-corrected chi connectivity index (χ0v) is 15.3. The van der Waals surface area contributed by atoms with E-state index >= 15 is 0 Å². The molecule has 1 aromatic carbocycles. The number of piperazine rings is 1. The van der Waals surface area contributed by atoms with Gasteiger partial charge in [-0.05, 0) is 18.6 Å². The molecular weight excluding hydrogens is 334 g/mol. The van der Waals surface area contributed by atoms with Gasteiger partial charge in [-0.2, -0.15) is 4.37 Å². The van der Waals surface area contributed by atoms with Gasteiger partial charge in [0.05, 0.1) is 6.04 Å². The third kappa shape index (κ3) is 3.26. The van der Waals surface area contributed by atoms with E-state index in [2.05, 4.69) is 26.1 Å². The van der Waals surface area contributed by atoms with Gasteiger partial charge in [0, 0.05) is 56.4 Å². The van der Waals surface area contributed by atoms with E-state index in [-0.39, 0.29) is 11.9 Å². The Morgan fingerprint density at radius 1 is 1.12 bits per heavy atom. The molecule has 2 aromatic rings. The second-order valence-electron chi connectivity index (χ2n) is 6.50. The van der Waals surface area contributed by atoms with Crippen LogP contribution < -0.4 is 9.80 Å². The molecule has 3 heterocycles. The number of carbonyl (C=O) groups is 1. The molecule has 1 atom stereocenters. The van der Waals surface area contributed by atoms with Gasteiger partial charge in [0.25, 0.3) is 0 Å². The van der Waals surface area contributed by atoms with Crippen molar-refractivity contribution in [3.63, 3.8) is 0 Å². The van der Waals surface area contributed by atoms with Crippen LogP contribution in [0.1, 0.15) is 19.2 Å². The number of amides is 1. The highest BCUT2D eigenvalue weighted by molar-refractivity contribution is 7.09. The van der Waals surface area contributed by atoms with Gasteiger partial charge in [-0.15, -0.1) is 0 Å². The second kappa shape index (κ2) is 7.09. The van der Waals surface area contributed by atoms with E-state index in [0.29, 0.717) is 0 Å². The maximum atomic E-state index is 12.8. The van der Waals surface area contributed by atoms with Gasteiger partial charge in [-0.25, -0.2) is 4.98 Å². The molecule has 132 valence electrons. The number of anilines is 2. The van der Waals surface area contributed by atoms with Crippen molar-refractivity contribution in [2.24, 2.45) is 0 Å². The molecular formula is C18H23N5OS. The first-order chi connectivity index (χ1) is 12.3. The Morgan fingerprint density at radius 3 is 2.56 bits per heavy atom. The zero-order chi connectivity index (χ0) is 17.2. The highest BCUT2D eigenvalue weighted by Gasteiger charge is 2.37. The predicted molar refractivity (Wildman–Crippen MR) is 100 cm³/mol. The summed E-state index contributed by atoms with van der Waals surface area (Å²) in [7, 11) is 0. The molecule has 2 saturated heterocycles. The van der Waals surface area contributed by atoms with Crippen LogP contribution in [0, 0.1) is 0 Å². The van der Waals surface area contributed by atoms with E-state index in [1.807, 2.05) is 35.2 Å². The molecule has 7 heteroatoms. The number of rotatable bonds is 4. The van der Waals surface area contributed by atoms with Crippen LogP contribution in [0.5, 0.6) is 0 Å². The summed E-state index contributed by atoms with van der Waals surface area (Å²) in [5.74, 6) is 1.16. The maximum absolute atomic E-state index is 12.8. The van der Waals surface area contributed by atoms with E-state index in [1.54, 1.807) is 0 Å². The number of benzene rings is 1. The smallest absolute Gasteiger partial charge is 0.244 e. The van der Waals surface area contributed by atoms with Gasteiger partial charge >= 0.3 is 0 Å². The molecule has 2 aliphatic heterocycles. The first kappa shape index (κ1) is 16.5. The fraction of sp³-hybridized carbons (Fsp3) is 0.500. The number of aromatic nitrogens is 2. The topological polar surface area (TPSA) is 52.6 Å². The van der Waals surface area contributed by atoms with Crippen molar-refractivity contribution in [1.29, 1.82) is 0 Å². The number of nitrogens with zero attached hydrogens (tertiary/aromatic N) is 5. The molecule has 1 aromatic heterocycles. The Balaban J connectivity index is 1.37. The molecule has 0 radical (unpaired) electrons. The minimum absolute atomic E-state index is 0.0166. The number of hydrogen-bond acceptors (Lipinski definition) is 6. The van der Waals surface area contributed by atoms with Crippen LogP contribution in [0.2, 0.25) is 0 Å². The normalized spacial score (nSPS) is 22.0. The Labute approximate surface area is 152 Å². The number of para-hydroxylation sites is 1. The van der Waals surface area contributed by atoms with Crippen molar-refractivity contribution in [3.8, 4) is 0 Å². The van der Waals surface area contributed by atoms with Crippen molar-refractivity contribution in [2.45, 2.75) is 25.8 Å². The van der Waals surface area contributed by atoms with E-state index in [0.717, 1.165) is 62.2 Å². The largest absolute Gasteiger partial charge is 0.344 e. The van der Waals surface area contributed by atoms with E-state index in [9.17, 15) is 4.79 Å². The van der Waals surface area contributed by atoms with Gasteiger partial charge in [-0.1, -0.05) is 25.1 Å². The maximum Gasteiger partial charge on any atom is 0.244 e. The Kier molecular flexibility index (Phi) is 4.67. The van der Waals surface area contributed by atoms with Crippen molar-refractivity contribution >= 4 is 28.3 Å². The quantitative estimate of drug-likeness (QED) is 0.838. The lowest BCUT2D eigenvalue weighted by molar-refractivity contribution is -0.121. The van der Waals surface area contributed by atoms with Crippen molar-refractivity contribution in [1.82, 2.24) is 14.3 Å². The summed E-state index contributed by atoms with van der Waals surface area (Å²) in [5, 5.41) is 1.01. The SMILES string of the molecule is CCc1nsc(N2CCN(C3CCN(c4ccccc4)C3=O)CC2)n1. The van der Waals surface area contributed by atoms with Crippen LogP contribution in [-0.2, 0) is 11.2 Å². The summed E-state index contributed by atoms with van der Waals surface area (Å²) in [6.07, 6.45) is 1.79. The lowest BCUT2D eigenvalue weighted by atomic mass is 10.2. The molecule has 6 nitrogen and oxygen atoms in total. The molecule has 2 fully saturated rings. The summed E-state index contributed by atoms with van der Waals surface area (Å²) < 4.78 is 4.38. The minimum Gasteiger partial charge on any atom is -0.344 e. The Hall–Kier alpha value is -1.99. The molecule has 25 heavy (non-hydrogen) atoms. The molecule has 1 amide bonds.